The second kappa shape index (κ2) is 9.21. The third kappa shape index (κ3) is 4.95. The molecular formula is C19H22N4O4S2. The van der Waals surface area contributed by atoms with E-state index in [-0.39, 0.29) is 24.5 Å². The molecule has 0 spiro atoms. The van der Waals surface area contributed by atoms with Gasteiger partial charge in [0.15, 0.2) is 10.6 Å². The number of thioether (sulfide) groups is 1. The topological polar surface area (TPSA) is 93.7 Å². The minimum absolute atomic E-state index is 0.0377. The zero-order valence-corrected chi connectivity index (χ0v) is 17.6. The van der Waals surface area contributed by atoms with Crippen molar-refractivity contribution >= 4 is 45.7 Å². The highest BCUT2D eigenvalue weighted by molar-refractivity contribution is 8.01. The summed E-state index contributed by atoms with van der Waals surface area (Å²) in [4.78, 5) is 26.7. The van der Waals surface area contributed by atoms with Crippen LogP contribution in [-0.2, 0) is 19.1 Å². The number of carbonyl (C=O) groups excluding carboxylic acids is 2. The van der Waals surface area contributed by atoms with Crippen LogP contribution in [0.5, 0.6) is 0 Å². The number of carbonyl (C=O) groups is 2. The number of benzene rings is 1. The van der Waals surface area contributed by atoms with Gasteiger partial charge < -0.3 is 19.7 Å². The van der Waals surface area contributed by atoms with E-state index in [0.717, 1.165) is 27.8 Å². The average Bonchev–Trinajstić information content (AvgIpc) is 3.44. The molecule has 0 radical (unpaired) electrons. The van der Waals surface area contributed by atoms with E-state index >= 15 is 0 Å². The van der Waals surface area contributed by atoms with Gasteiger partial charge in [0.05, 0.1) is 19.1 Å². The van der Waals surface area contributed by atoms with Crippen LogP contribution >= 0.6 is 23.1 Å². The molecule has 2 amide bonds. The van der Waals surface area contributed by atoms with Crippen LogP contribution < -0.4 is 10.2 Å². The van der Waals surface area contributed by atoms with Crippen LogP contribution in [0.2, 0.25) is 0 Å². The Morgan fingerprint density at radius 3 is 2.90 bits per heavy atom. The summed E-state index contributed by atoms with van der Waals surface area (Å²) in [5.41, 5.74) is 1.87. The molecule has 2 aromatic rings. The largest absolute Gasteiger partial charge is 0.350 e. The van der Waals surface area contributed by atoms with Crippen LogP contribution in [0.4, 0.5) is 10.8 Å². The zero-order chi connectivity index (χ0) is 20.2. The standard InChI is InChI=1S/C19H22N4O4S2/c1-12-4-2-3-5-14(12)23-11-13(10-15(23)24)17(25)20-18-21-22-19(29-18)28-9-6-16-26-7-8-27-16/h2-5,13,16H,6-11H2,1H3,(H,20,21,25)/t13-/m1/s1. The molecule has 1 N–H and O–H groups in total. The van der Waals surface area contributed by atoms with E-state index in [1.165, 1.54) is 11.3 Å². The Bertz CT molecular complexity index is 885. The summed E-state index contributed by atoms with van der Waals surface area (Å²) in [5.74, 6) is 0.161. The Labute approximate surface area is 177 Å². The van der Waals surface area contributed by atoms with Crippen molar-refractivity contribution in [3.63, 3.8) is 0 Å². The molecule has 0 aliphatic carbocycles. The van der Waals surface area contributed by atoms with Crippen molar-refractivity contribution in [1.82, 2.24) is 10.2 Å². The first-order valence-electron chi connectivity index (χ1n) is 9.46. The highest BCUT2D eigenvalue weighted by Gasteiger charge is 2.36. The molecule has 2 aliphatic rings. The molecule has 2 saturated heterocycles. The molecule has 2 aliphatic heterocycles. The summed E-state index contributed by atoms with van der Waals surface area (Å²) in [5, 5.41) is 11.4. The minimum Gasteiger partial charge on any atom is -0.350 e. The molecule has 3 heterocycles. The third-order valence-corrected chi connectivity index (χ3v) is 6.81. The Kier molecular flexibility index (Phi) is 6.43. The average molecular weight is 435 g/mol. The Morgan fingerprint density at radius 1 is 1.31 bits per heavy atom. The van der Waals surface area contributed by atoms with Crippen molar-refractivity contribution in [2.45, 2.75) is 30.4 Å². The first-order chi connectivity index (χ1) is 14.1. The third-order valence-electron chi connectivity index (χ3n) is 4.81. The van der Waals surface area contributed by atoms with Gasteiger partial charge in [-0.15, -0.1) is 10.2 Å². The highest BCUT2D eigenvalue weighted by Crippen LogP contribution is 2.30. The molecule has 4 rings (SSSR count). The first kappa shape index (κ1) is 20.3. The summed E-state index contributed by atoms with van der Waals surface area (Å²) in [6.07, 6.45) is 0.845. The lowest BCUT2D eigenvalue weighted by Gasteiger charge is -2.18. The van der Waals surface area contributed by atoms with E-state index in [2.05, 4.69) is 15.5 Å². The maximum atomic E-state index is 12.6. The van der Waals surface area contributed by atoms with Crippen LogP contribution in [0, 0.1) is 12.8 Å². The molecule has 154 valence electrons. The molecule has 2 fully saturated rings. The number of hydrogen-bond donors (Lipinski definition) is 1. The lowest BCUT2D eigenvalue weighted by atomic mass is 10.1. The smallest absolute Gasteiger partial charge is 0.231 e. The van der Waals surface area contributed by atoms with Crippen molar-refractivity contribution in [3.05, 3.63) is 29.8 Å². The maximum absolute atomic E-state index is 12.6. The van der Waals surface area contributed by atoms with Crippen LogP contribution in [0.1, 0.15) is 18.4 Å². The van der Waals surface area contributed by atoms with Crippen LogP contribution in [0.15, 0.2) is 28.6 Å². The normalized spacial score (nSPS) is 19.8. The van der Waals surface area contributed by atoms with Gasteiger partial charge in [0.25, 0.3) is 0 Å². The molecular weight excluding hydrogens is 412 g/mol. The molecule has 0 bridgehead atoms. The molecule has 1 atom stereocenters. The van der Waals surface area contributed by atoms with Gasteiger partial charge in [-0.3, -0.25) is 9.59 Å². The highest BCUT2D eigenvalue weighted by atomic mass is 32.2. The first-order valence-corrected chi connectivity index (χ1v) is 11.3. The summed E-state index contributed by atoms with van der Waals surface area (Å²) in [7, 11) is 0. The van der Waals surface area contributed by atoms with Crippen LogP contribution in [0.3, 0.4) is 0 Å². The lowest BCUT2D eigenvalue weighted by Crippen LogP contribution is -2.28. The predicted molar refractivity (Wildman–Crippen MR) is 111 cm³/mol. The summed E-state index contributed by atoms with van der Waals surface area (Å²) >= 11 is 2.89. The van der Waals surface area contributed by atoms with Gasteiger partial charge in [0.2, 0.25) is 16.9 Å². The maximum Gasteiger partial charge on any atom is 0.231 e. The van der Waals surface area contributed by atoms with Gasteiger partial charge in [0, 0.05) is 30.8 Å². The van der Waals surface area contributed by atoms with Gasteiger partial charge in [-0.25, -0.2) is 0 Å². The number of rotatable bonds is 7. The van der Waals surface area contributed by atoms with Crippen molar-refractivity contribution in [1.29, 1.82) is 0 Å². The number of aromatic nitrogens is 2. The number of nitrogens with one attached hydrogen (secondary N) is 1. The number of aryl methyl sites for hydroxylation is 1. The number of nitrogens with zero attached hydrogens (tertiary/aromatic N) is 3. The van der Waals surface area contributed by atoms with Gasteiger partial charge in [-0.2, -0.15) is 0 Å². The van der Waals surface area contributed by atoms with Crippen molar-refractivity contribution < 1.29 is 19.1 Å². The summed E-state index contributed by atoms with van der Waals surface area (Å²) < 4.78 is 11.6. The molecule has 1 aromatic heterocycles. The molecule has 10 heteroatoms. The SMILES string of the molecule is Cc1ccccc1N1C[C@H](C(=O)Nc2nnc(SCCC3OCCO3)s2)CC1=O. The Hall–Kier alpha value is -2.01. The quantitative estimate of drug-likeness (QED) is 0.529. The second-order valence-electron chi connectivity index (χ2n) is 6.86. The van der Waals surface area contributed by atoms with E-state index < -0.39 is 5.92 Å². The molecule has 29 heavy (non-hydrogen) atoms. The minimum atomic E-state index is -0.404. The van der Waals surface area contributed by atoms with Gasteiger partial charge in [0.1, 0.15) is 0 Å². The van der Waals surface area contributed by atoms with Crippen LogP contribution in [-0.4, -0.2) is 53.8 Å². The number of para-hydroxylation sites is 1. The molecule has 0 saturated carbocycles. The zero-order valence-electron chi connectivity index (χ0n) is 16.0. The summed E-state index contributed by atoms with van der Waals surface area (Å²) in [6.45, 7) is 3.63. The molecule has 8 nitrogen and oxygen atoms in total. The second-order valence-corrected chi connectivity index (χ2v) is 9.18. The summed E-state index contributed by atoms with van der Waals surface area (Å²) in [6, 6.07) is 7.70. The predicted octanol–water partition coefficient (Wildman–Crippen LogP) is 2.69. The lowest BCUT2D eigenvalue weighted by molar-refractivity contribution is -0.122. The number of anilines is 2. The van der Waals surface area contributed by atoms with Gasteiger partial charge in [-0.05, 0) is 18.6 Å². The van der Waals surface area contributed by atoms with E-state index in [1.807, 2.05) is 31.2 Å². The number of hydrogen-bond acceptors (Lipinski definition) is 8. The molecule has 1 aromatic carbocycles. The van der Waals surface area contributed by atoms with E-state index in [0.29, 0.717) is 24.9 Å². The monoisotopic (exact) mass is 434 g/mol. The van der Waals surface area contributed by atoms with Crippen molar-refractivity contribution in [2.75, 3.05) is 35.7 Å². The fourth-order valence-electron chi connectivity index (χ4n) is 3.32. The van der Waals surface area contributed by atoms with Gasteiger partial charge >= 0.3 is 0 Å². The fraction of sp³-hybridized carbons (Fsp3) is 0.474. The van der Waals surface area contributed by atoms with Crippen molar-refractivity contribution in [3.8, 4) is 0 Å². The van der Waals surface area contributed by atoms with Crippen LogP contribution in [0.25, 0.3) is 0 Å². The Morgan fingerprint density at radius 2 is 2.10 bits per heavy atom. The van der Waals surface area contributed by atoms with E-state index in [9.17, 15) is 9.59 Å². The van der Waals surface area contributed by atoms with E-state index in [1.54, 1.807) is 16.7 Å². The number of amides is 2. The number of ether oxygens (including phenoxy) is 2. The Balaban J connectivity index is 1.29. The van der Waals surface area contributed by atoms with Crippen molar-refractivity contribution in [2.24, 2.45) is 5.92 Å². The van der Waals surface area contributed by atoms with E-state index in [4.69, 9.17) is 9.47 Å². The molecule has 0 unspecified atom stereocenters. The fourth-order valence-corrected chi connectivity index (χ4v) is 5.11. The van der Waals surface area contributed by atoms with Gasteiger partial charge in [-0.1, -0.05) is 41.3 Å².